The number of ether oxygens (including phenoxy) is 3. The van der Waals surface area contributed by atoms with Crippen molar-refractivity contribution in [1.29, 1.82) is 0 Å². The standard InChI is InChI=1S/C16H17N3O5S2/c1-22-10-7-9(8-11(23-2)13(10)24-3)14(20)18-19-16(25)17-15(21)12-5-4-6-26-12/h4-8H,1-3H3,(H,18,20)(H2,17,19,21,25). The molecule has 0 aliphatic heterocycles. The van der Waals surface area contributed by atoms with Gasteiger partial charge in [-0.1, -0.05) is 6.07 Å². The number of hydrogen-bond donors (Lipinski definition) is 3. The quantitative estimate of drug-likeness (QED) is 0.524. The summed E-state index contributed by atoms with van der Waals surface area (Å²) in [7, 11) is 4.37. The van der Waals surface area contributed by atoms with E-state index < -0.39 is 5.91 Å². The van der Waals surface area contributed by atoms with Crippen LogP contribution in [0, 0.1) is 0 Å². The SMILES string of the molecule is COc1cc(C(=O)NNC(=S)NC(=O)c2cccs2)cc(OC)c1OC. The molecule has 0 unspecified atom stereocenters. The normalized spacial score (nSPS) is 9.81. The van der Waals surface area contributed by atoms with Crippen molar-refractivity contribution in [3.63, 3.8) is 0 Å². The minimum absolute atomic E-state index is 0.0378. The van der Waals surface area contributed by atoms with Gasteiger partial charge in [-0.05, 0) is 35.8 Å². The number of rotatable bonds is 5. The minimum Gasteiger partial charge on any atom is -0.493 e. The van der Waals surface area contributed by atoms with E-state index >= 15 is 0 Å². The fourth-order valence-electron chi connectivity index (χ4n) is 2.00. The van der Waals surface area contributed by atoms with Crippen molar-refractivity contribution in [2.24, 2.45) is 0 Å². The van der Waals surface area contributed by atoms with Crippen LogP contribution in [0.15, 0.2) is 29.6 Å². The molecule has 0 fully saturated rings. The minimum atomic E-state index is -0.503. The number of benzene rings is 1. The molecule has 2 rings (SSSR count). The lowest BCUT2D eigenvalue weighted by Crippen LogP contribution is -2.48. The molecule has 2 aromatic rings. The van der Waals surface area contributed by atoms with E-state index in [1.165, 1.54) is 44.8 Å². The summed E-state index contributed by atoms with van der Waals surface area (Å²) in [6, 6.07) is 6.40. The number of amides is 2. The highest BCUT2D eigenvalue weighted by atomic mass is 32.1. The Kier molecular flexibility index (Phi) is 6.75. The lowest BCUT2D eigenvalue weighted by molar-refractivity contribution is 0.0934. The molecular weight excluding hydrogens is 378 g/mol. The Morgan fingerprint density at radius 2 is 1.65 bits per heavy atom. The molecule has 0 saturated heterocycles. The van der Waals surface area contributed by atoms with Crippen LogP contribution in [0.2, 0.25) is 0 Å². The second-order valence-electron chi connectivity index (χ2n) is 4.75. The highest BCUT2D eigenvalue weighted by Crippen LogP contribution is 2.38. The van der Waals surface area contributed by atoms with Gasteiger partial charge in [0, 0.05) is 5.56 Å². The van der Waals surface area contributed by atoms with Crippen molar-refractivity contribution in [2.75, 3.05) is 21.3 Å². The third-order valence-corrected chi connectivity index (χ3v) is 4.26. The predicted molar refractivity (Wildman–Crippen MR) is 101 cm³/mol. The number of nitrogens with one attached hydrogen (secondary N) is 3. The number of carbonyl (C=O) groups is 2. The van der Waals surface area contributed by atoms with E-state index in [9.17, 15) is 9.59 Å². The smallest absolute Gasteiger partial charge is 0.269 e. The van der Waals surface area contributed by atoms with Crippen LogP contribution in [-0.4, -0.2) is 38.3 Å². The first kappa shape index (κ1) is 19.5. The summed E-state index contributed by atoms with van der Waals surface area (Å²) in [5, 5.41) is 4.20. The van der Waals surface area contributed by atoms with Crippen molar-refractivity contribution in [2.45, 2.75) is 0 Å². The van der Waals surface area contributed by atoms with Gasteiger partial charge < -0.3 is 14.2 Å². The van der Waals surface area contributed by atoms with Gasteiger partial charge >= 0.3 is 0 Å². The molecule has 0 bridgehead atoms. The largest absolute Gasteiger partial charge is 0.493 e. The van der Waals surface area contributed by atoms with E-state index in [2.05, 4.69) is 16.2 Å². The van der Waals surface area contributed by atoms with E-state index in [4.69, 9.17) is 26.4 Å². The summed E-state index contributed by atoms with van der Waals surface area (Å²) >= 11 is 6.27. The predicted octanol–water partition coefficient (Wildman–Crippen LogP) is 1.72. The summed E-state index contributed by atoms with van der Waals surface area (Å²) in [4.78, 5) is 24.7. The monoisotopic (exact) mass is 395 g/mol. The third kappa shape index (κ3) is 4.61. The summed E-state index contributed by atoms with van der Waals surface area (Å²) in [6.07, 6.45) is 0. The molecule has 10 heteroatoms. The first-order valence-electron chi connectivity index (χ1n) is 7.25. The summed E-state index contributed by atoms with van der Waals surface area (Å²) in [6.45, 7) is 0. The molecule has 1 aromatic carbocycles. The zero-order valence-corrected chi connectivity index (χ0v) is 15.9. The first-order chi connectivity index (χ1) is 12.5. The second-order valence-corrected chi connectivity index (χ2v) is 6.11. The van der Waals surface area contributed by atoms with Crippen LogP contribution in [-0.2, 0) is 0 Å². The van der Waals surface area contributed by atoms with Gasteiger partial charge in [-0.25, -0.2) is 0 Å². The maximum atomic E-state index is 12.3. The Morgan fingerprint density at radius 3 is 2.15 bits per heavy atom. The number of methoxy groups -OCH3 is 3. The molecule has 0 saturated carbocycles. The fourth-order valence-corrected chi connectivity index (χ4v) is 2.76. The van der Waals surface area contributed by atoms with Gasteiger partial charge in [0.05, 0.1) is 26.2 Å². The molecule has 138 valence electrons. The molecule has 0 aliphatic rings. The van der Waals surface area contributed by atoms with Crippen molar-refractivity contribution in [3.05, 3.63) is 40.1 Å². The molecular formula is C16H17N3O5S2. The molecule has 26 heavy (non-hydrogen) atoms. The van der Waals surface area contributed by atoms with Crippen molar-refractivity contribution in [1.82, 2.24) is 16.2 Å². The summed E-state index contributed by atoms with van der Waals surface area (Å²) < 4.78 is 15.6. The highest BCUT2D eigenvalue weighted by molar-refractivity contribution is 7.80. The Balaban J connectivity index is 2.01. The van der Waals surface area contributed by atoms with E-state index in [-0.39, 0.29) is 16.6 Å². The van der Waals surface area contributed by atoms with Crippen LogP contribution in [0.3, 0.4) is 0 Å². The maximum absolute atomic E-state index is 12.3. The van der Waals surface area contributed by atoms with Gasteiger partial charge in [0.15, 0.2) is 16.6 Å². The summed E-state index contributed by atoms with van der Waals surface area (Å²) in [5.41, 5.74) is 5.11. The van der Waals surface area contributed by atoms with E-state index in [0.29, 0.717) is 22.1 Å². The van der Waals surface area contributed by atoms with Gasteiger partial charge in [-0.2, -0.15) is 0 Å². The number of thiocarbonyl (C=S) groups is 1. The molecule has 0 radical (unpaired) electrons. The molecule has 0 spiro atoms. The van der Waals surface area contributed by atoms with Crippen LogP contribution >= 0.6 is 23.6 Å². The molecule has 3 N–H and O–H groups in total. The molecule has 1 heterocycles. The Morgan fingerprint density at radius 1 is 1.00 bits per heavy atom. The Hall–Kier alpha value is -2.85. The van der Waals surface area contributed by atoms with E-state index in [0.717, 1.165) is 0 Å². The van der Waals surface area contributed by atoms with Gasteiger partial charge in [-0.15, -0.1) is 11.3 Å². The average molecular weight is 395 g/mol. The lowest BCUT2D eigenvalue weighted by atomic mass is 10.1. The van der Waals surface area contributed by atoms with Crippen LogP contribution in [0.4, 0.5) is 0 Å². The second kappa shape index (κ2) is 9.02. The number of hydrazine groups is 1. The Bertz CT molecular complexity index is 783. The lowest BCUT2D eigenvalue weighted by Gasteiger charge is -2.14. The van der Waals surface area contributed by atoms with Gasteiger partial charge in [0.2, 0.25) is 5.75 Å². The molecule has 8 nitrogen and oxygen atoms in total. The first-order valence-corrected chi connectivity index (χ1v) is 8.54. The average Bonchev–Trinajstić information content (AvgIpc) is 3.19. The fraction of sp³-hybridized carbons (Fsp3) is 0.188. The van der Waals surface area contributed by atoms with Crippen molar-refractivity contribution in [3.8, 4) is 17.2 Å². The Labute approximate surface area is 159 Å². The number of hydrogen-bond acceptors (Lipinski definition) is 7. The summed E-state index contributed by atoms with van der Waals surface area (Å²) in [5.74, 6) is 0.186. The van der Waals surface area contributed by atoms with Crippen LogP contribution in [0.1, 0.15) is 20.0 Å². The maximum Gasteiger partial charge on any atom is 0.269 e. The number of carbonyl (C=O) groups excluding carboxylic acids is 2. The van der Waals surface area contributed by atoms with Gasteiger partial charge in [0.25, 0.3) is 11.8 Å². The molecule has 2 amide bonds. The molecule has 0 atom stereocenters. The zero-order valence-electron chi connectivity index (χ0n) is 14.2. The van der Waals surface area contributed by atoms with E-state index in [1.807, 2.05) is 0 Å². The van der Waals surface area contributed by atoms with Crippen molar-refractivity contribution < 1.29 is 23.8 Å². The van der Waals surface area contributed by atoms with Crippen LogP contribution in [0.5, 0.6) is 17.2 Å². The number of thiophene rings is 1. The van der Waals surface area contributed by atoms with Crippen molar-refractivity contribution >= 4 is 40.5 Å². The highest BCUT2D eigenvalue weighted by Gasteiger charge is 2.17. The van der Waals surface area contributed by atoms with Gasteiger partial charge in [0.1, 0.15) is 0 Å². The van der Waals surface area contributed by atoms with Gasteiger partial charge in [-0.3, -0.25) is 25.8 Å². The van der Waals surface area contributed by atoms with Crippen LogP contribution < -0.4 is 30.4 Å². The van der Waals surface area contributed by atoms with E-state index in [1.54, 1.807) is 17.5 Å². The van der Waals surface area contributed by atoms with Crippen LogP contribution in [0.25, 0.3) is 0 Å². The zero-order chi connectivity index (χ0) is 19.1. The molecule has 1 aromatic heterocycles. The third-order valence-electron chi connectivity index (χ3n) is 3.19. The topological polar surface area (TPSA) is 97.9 Å². The molecule has 0 aliphatic carbocycles.